The number of hydrogen-bond donors (Lipinski definition) is 2. The largest absolute Gasteiger partial charge is 0.444 e. The van der Waals surface area contributed by atoms with E-state index in [0.29, 0.717) is 18.4 Å². The van der Waals surface area contributed by atoms with Crippen LogP contribution in [0.15, 0.2) is 9.41 Å². The zero-order valence-electron chi connectivity index (χ0n) is 14.5. The number of hydrogen-bond acceptors (Lipinski definition) is 3. The van der Waals surface area contributed by atoms with Crippen LogP contribution in [0.2, 0.25) is 0 Å². The van der Waals surface area contributed by atoms with Gasteiger partial charge in [-0.05, 0) is 26.2 Å². The van der Waals surface area contributed by atoms with Crippen molar-refractivity contribution in [2.75, 3.05) is 13.6 Å². The lowest BCUT2D eigenvalue weighted by Crippen LogP contribution is -2.39. The number of oxazole rings is 1. The van der Waals surface area contributed by atoms with Gasteiger partial charge in [0.2, 0.25) is 5.89 Å². The Bertz CT molecular complexity index is 426. The van der Waals surface area contributed by atoms with Gasteiger partial charge in [-0.1, -0.05) is 33.1 Å². The molecular formula is C16H31IN4O. The van der Waals surface area contributed by atoms with Crippen molar-refractivity contribution in [2.45, 2.75) is 59.9 Å². The van der Waals surface area contributed by atoms with Crippen molar-refractivity contribution < 1.29 is 4.42 Å². The molecule has 1 atom stereocenters. The van der Waals surface area contributed by atoms with Crippen LogP contribution in [-0.2, 0) is 6.54 Å². The minimum Gasteiger partial charge on any atom is -0.444 e. The standard InChI is InChI=1S/C16H30N4O.HI/c1-6-8-9-14(7-2)10-18-16(17-5)19-11-15-20-12(3)13(4)21-15;/h14H,6-11H2,1-5H3,(H2,17,18,19);1H. The summed E-state index contributed by atoms with van der Waals surface area (Å²) in [5.41, 5.74) is 0.945. The third-order valence-electron chi connectivity index (χ3n) is 3.80. The first kappa shape index (κ1) is 21.2. The van der Waals surface area contributed by atoms with Crippen LogP contribution in [0.1, 0.15) is 56.9 Å². The van der Waals surface area contributed by atoms with Crippen molar-refractivity contribution in [2.24, 2.45) is 10.9 Å². The third kappa shape index (κ3) is 7.47. The lowest BCUT2D eigenvalue weighted by Gasteiger charge is -2.17. The lowest BCUT2D eigenvalue weighted by atomic mass is 9.99. The van der Waals surface area contributed by atoms with Gasteiger partial charge in [0, 0.05) is 13.6 Å². The topological polar surface area (TPSA) is 62.5 Å². The number of nitrogens with one attached hydrogen (secondary N) is 2. The Balaban J connectivity index is 0.00000441. The molecule has 0 amide bonds. The molecule has 6 heteroatoms. The molecule has 0 saturated heterocycles. The Hall–Kier alpha value is -0.790. The number of halogens is 1. The van der Waals surface area contributed by atoms with E-state index in [9.17, 15) is 0 Å². The molecule has 0 aliphatic carbocycles. The minimum absolute atomic E-state index is 0. The highest BCUT2D eigenvalue weighted by Crippen LogP contribution is 2.11. The van der Waals surface area contributed by atoms with Crippen LogP contribution >= 0.6 is 24.0 Å². The van der Waals surface area contributed by atoms with E-state index >= 15 is 0 Å². The Labute approximate surface area is 151 Å². The molecular weight excluding hydrogens is 391 g/mol. The van der Waals surface area contributed by atoms with Gasteiger partial charge in [-0.15, -0.1) is 24.0 Å². The van der Waals surface area contributed by atoms with Crippen LogP contribution in [0.5, 0.6) is 0 Å². The molecule has 1 aromatic rings. The number of guanidine groups is 1. The molecule has 0 spiro atoms. The van der Waals surface area contributed by atoms with E-state index < -0.39 is 0 Å². The van der Waals surface area contributed by atoms with Crippen LogP contribution in [0.25, 0.3) is 0 Å². The molecule has 0 aliphatic rings. The summed E-state index contributed by atoms with van der Waals surface area (Å²) in [5, 5.41) is 6.63. The zero-order chi connectivity index (χ0) is 15.7. The smallest absolute Gasteiger partial charge is 0.214 e. The fourth-order valence-electron chi connectivity index (χ4n) is 2.18. The summed E-state index contributed by atoms with van der Waals surface area (Å²) in [5.74, 6) is 3.08. The van der Waals surface area contributed by atoms with Gasteiger partial charge >= 0.3 is 0 Å². The van der Waals surface area contributed by atoms with E-state index in [1.807, 2.05) is 13.8 Å². The second kappa shape index (κ2) is 11.7. The van der Waals surface area contributed by atoms with Crippen molar-refractivity contribution in [1.82, 2.24) is 15.6 Å². The Morgan fingerprint density at radius 2 is 2.00 bits per heavy atom. The van der Waals surface area contributed by atoms with Crippen LogP contribution < -0.4 is 10.6 Å². The number of nitrogens with zero attached hydrogens (tertiary/aromatic N) is 2. The summed E-state index contributed by atoms with van der Waals surface area (Å²) in [7, 11) is 1.79. The number of rotatable bonds is 8. The first-order valence-electron chi connectivity index (χ1n) is 7.98. The van der Waals surface area contributed by atoms with E-state index in [1.54, 1.807) is 7.05 Å². The van der Waals surface area contributed by atoms with Gasteiger partial charge in [0.05, 0.1) is 12.2 Å². The second-order valence-electron chi connectivity index (χ2n) is 5.47. The maximum absolute atomic E-state index is 5.55. The number of aromatic nitrogens is 1. The molecule has 0 bridgehead atoms. The van der Waals surface area contributed by atoms with Gasteiger partial charge in [0.25, 0.3) is 0 Å². The predicted molar refractivity (Wildman–Crippen MR) is 103 cm³/mol. The van der Waals surface area contributed by atoms with Crippen molar-refractivity contribution >= 4 is 29.9 Å². The van der Waals surface area contributed by atoms with Crippen molar-refractivity contribution in [3.63, 3.8) is 0 Å². The first-order chi connectivity index (χ1) is 10.1. The highest BCUT2D eigenvalue weighted by Gasteiger charge is 2.09. The Kier molecular flexibility index (Phi) is 11.3. The van der Waals surface area contributed by atoms with Crippen LogP contribution in [0, 0.1) is 19.8 Å². The van der Waals surface area contributed by atoms with Crippen molar-refractivity contribution in [1.29, 1.82) is 0 Å². The van der Waals surface area contributed by atoms with Gasteiger partial charge in [-0.3, -0.25) is 4.99 Å². The number of unbranched alkanes of at least 4 members (excludes halogenated alkanes) is 1. The maximum Gasteiger partial charge on any atom is 0.214 e. The average molecular weight is 422 g/mol. The van der Waals surface area contributed by atoms with E-state index in [4.69, 9.17) is 4.42 Å². The molecule has 1 heterocycles. The molecule has 0 fully saturated rings. The quantitative estimate of drug-likeness (QED) is 0.380. The SMILES string of the molecule is CCCCC(CC)CNC(=NC)NCc1nc(C)c(C)o1.I. The van der Waals surface area contributed by atoms with Crippen LogP contribution in [0.4, 0.5) is 0 Å². The second-order valence-corrected chi connectivity index (χ2v) is 5.47. The summed E-state index contributed by atoms with van der Waals surface area (Å²) in [6, 6.07) is 0. The van der Waals surface area contributed by atoms with Crippen LogP contribution in [-0.4, -0.2) is 24.5 Å². The van der Waals surface area contributed by atoms with Gasteiger partial charge in [0.1, 0.15) is 5.76 Å². The fraction of sp³-hybridized carbons (Fsp3) is 0.750. The molecule has 128 valence electrons. The Morgan fingerprint density at radius 3 is 2.50 bits per heavy atom. The van der Waals surface area contributed by atoms with Gasteiger partial charge < -0.3 is 15.1 Å². The highest BCUT2D eigenvalue weighted by molar-refractivity contribution is 14.0. The van der Waals surface area contributed by atoms with E-state index in [-0.39, 0.29) is 24.0 Å². The molecule has 1 unspecified atom stereocenters. The molecule has 22 heavy (non-hydrogen) atoms. The lowest BCUT2D eigenvalue weighted by molar-refractivity contribution is 0.440. The molecule has 1 aromatic heterocycles. The Morgan fingerprint density at radius 1 is 1.27 bits per heavy atom. The van der Waals surface area contributed by atoms with Gasteiger partial charge in [-0.2, -0.15) is 0 Å². The van der Waals surface area contributed by atoms with E-state index in [1.165, 1.54) is 25.7 Å². The predicted octanol–water partition coefficient (Wildman–Crippen LogP) is 3.79. The number of aliphatic imine (C=N–C) groups is 1. The van der Waals surface area contributed by atoms with Crippen LogP contribution in [0.3, 0.4) is 0 Å². The summed E-state index contributed by atoms with van der Waals surface area (Å²) >= 11 is 0. The van der Waals surface area contributed by atoms with E-state index in [0.717, 1.165) is 24.0 Å². The van der Waals surface area contributed by atoms with Gasteiger partial charge in [-0.25, -0.2) is 4.98 Å². The summed E-state index contributed by atoms with van der Waals surface area (Å²) < 4.78 is 5.55. The molecule has 5 nitrogen and oxygen atoms in total. The highest BCUT2D eigenvalue weighted by atomic mass is 127. The molecule has 2 N–H and O–H groups in total. The summed E-state index contributed by atoms with van der Waals surface area (Å²) in [4.78, 5) is 8.60. The average Bonchev–Trinajstić information content (AvgIpc) is 2.81. The fourth-order valence-corrected chi connectivity index (χ4v) is 2.18. The summed E-state index contributed by atoms with van der Waals surface area (Å²) in [6.07, 6.45) is 5.02. The number of aryl methyl sites for hydroxylation is 2. The molecule has 0 saturated carbocycles. The summed E-state index contributed by atoms with van der Waals surface area (Å²) in [6.45, 7) is 9.88. The third-order valence-corrected chi connectivity index (χ3v) is 3.80. The monoisotopic (exact) mass is 422 g/mol. The molecule has 0 aliphatic heterocycles. The molecule has 0 radical (unpaired) electrons. The first-order valence-corrected chi connectivity index (χ1v) is 7.98. The molecule has 0 aromatic carbocycles. The minimum atomic E-state index is 0. The van der Waals surface area contributed by atoms with Crippen molar-refractivity contribution in [3.05, 3.63) is 17.3 Å². The maximum atomic E-state index is 5.55. The van der Waals surface area contributed by atoms with Crippen molar-refractivity contribution in [3.8, 4) is 0 Å². The zero-order valence-corrected chi connectivity index (χ0v) is 16.9. The molecule has 1 rings (SSSR count). The normalized spacial score (nSPS) is 12.7. The van der Waals surface area contributed by atoms with E-state index in [2.05, 4.69) is 34.5 Å². The van der Waals surface area contributed by atoms with Gasteiger partial charge in [0.15, 0.2) is 5.96 Å².